The van der Waals surface area contributed by atoms with Crippen LogP contribution in [0.5, 0.6) is 0 Å². The van der Waals surface area contributed by atoms with E-state index >= 15 is 0 Å². The number of Topliss-reactive ketones (excluding diaryl/α,β-unsaturated/α-hetero) is 1. The number of hydrogen-bond acceptors (Lipinski definition) is 1. The van der Waals surface area contributed by atoms with Crippen molar-refractivity contribution in [2.45, 2.75) is 98.8 Å². The number of fused-ring (bicyclic) bond motifs is 5. The Morgan fingerprint density at radius 1 is 0.917 bits per heavy atom. The first-order valence-corrected chi connectivity index (χ1v) is 15.0. The Morgan fingerprint density at radius 3 is 2.42 bits per heavy atom. The summed E-state index contributed by atoms with van der Waals surface area (Å²) < 4.78 is 0. The van der Waals surface area contributed by atoms with Gasteiger partial charge in [0.15, 0.2) is 0 Å². The van der Waals surface area contributed by atoms with Gasteiger partial charge < -0.3 is 0 Å². The number of hydrogen-bond donors (Lipinski definition) is 0. The Balaban J connectivity index is 1.32. The third kappa shape index (κ3) is 4.64. The SMILES string of the molecule is CC(C)CCC[C@@H](C)[C@H]1CC[C@@H]2[C@H]3CC(=O)[C@@H]4C=C(C#Cc5ccccc5)CC[C@]4(C)[C@H]3CC[C@@]21C. The highest BCUT2D eigenvalue weighted by Crippen LogP contribution is 2.67. The van der Waals surface area contributed by atoms with E-state index in [1.165, 1.54) is 50.5 Å². The van der Waals surface area contributed by atoms with E-state index in [0.29, 0.717) is 23.0 Å². The molecule has 4 aliphatic rings. The van der Waals surface area contributed by atoms with E-state index in [1.807, 2.05) is 18.2 Å². The van der Waals surface area contributed by atoms with Crippen LogP contribution in [-0.4, -0.2) is 5.78 Å². The maximum Gasteiger partial charge on any atom is 0.140 e. The number of allylic oxidation sites excluding steroid dienone is 2. The van der Waals surface area contributed by atoms with E-state index < -0.39 is 0 Å². The molecule has 0 aromatic heterocycles. The minimum Gasteiger partial charge on any atom is -0.299 e. The Kier molecular flexibility index (Phi) is 7.29. The van der Waals surface area contributed by atoms with Crippen molar-refractivity contribution in [2.24, 2.45) is 52.3 Å². The first-order chi connectivity index (χ1) is 17.2. The maximum absolute atomic E-state index is 13.7. The van der Waals surface area contributed by atoms with Crippen LogP contribution < -0.4 is 0 Å². The van der Waals surface area contributed by atoms with E-state index in [0.717, 1.165) is 48.5 Å². The molecule has 5 rings (SSSR count). The van der Waals surface area contributed by atoms with Gasteiger partial charge in [0.1, 0.15) is 5.78 Å². The highest BCUT2D eigenvalue weighted by molar-refractivity contribution is 5.85. The van der Waals surface area contributed by atoms with Crippen LogP contribution in [0.25, 0.3) is 0 Å². The van der Waals surface area contributed by atoms with Crippen molar-refractivity contribution in [2.75, 3.05) is 0 Å². The summed E-state index contributed by atoms with van der Waals surface area (Å²) in [5.41, 5.74) is 2.81. The second kappa shape index (κ2) is 10.2. The van der Waals surface area contributed by atoms with Crippen LogP contribution in [0.4, 0.5) is 0 Å². The van der Waals surface area contributed by atoms with Crippen LogP contribution in [0.15, 0.2) is 42.0 Å². The summed E-state index contributed by atoms with van der Waals surface area (Å²) in [6.07, 6.45) is 14.8. The molecule has 0 spiro atoms. The van der Waals surface area contributed by atoms with Crippen LogP contribution in [-0.2, 0) is 4.79 Å². The number of ketones is 1. The molecular formula is C35H48O. The van der Waals surface area contributed by atoms with Crippen LogP contribution in [0.3, 0.4) is 0 Å². The van der Waals surface area contributed by atoms with Gasteiger partial charge in [-0.25, -0.2) is 0 Å². The minimum atomic E-state index is 0.0732. The van der Waals surface area contributed by atoms with Gasteiger partial charge in [-0.2, -0.15) is 0 Å². The molecule has 4 aliphatic carbocycles. The first kappa shape index (κ1) is 25.8. The Hall–Kier alpha value is -1.81. The van der Waals surface area contributed by atoms with E-state index in [9.17, 15) is 4.79 Å². The summed E-state index contributed by atoms with van der Waals surface area (Å²) in [7, 11) is 0. The first-order valence-electron chi connectivity index (χ1n) is 15.0. The molecule has 36 heavy (non-hydrogen) atoms. The summed E-state index contributed by atoms with van der Waals surface area (Å²) in [5.74, 6) is 11.9. The summed E-state index contributed by atoms with van der Waals surface area (Å²) >= 11 is 0. The van der Waals surface area contributed by atoms with E-state index in [-0.39, 0.29) is 11.3 Å². The fourth-order valence-corrected chi connectivity index (χ4v) is 9.46. The van der Waals surface area contributed by atoms with Crippen LogP contribution in [0, 0.1) is 64.1 Å². The standard InChI is InChI=1S/C35H48O/c1-24(2)10-9-11-25(3)29-16-17-30-28-23-33(36)32-22-27(15-14-26-12-7-6-8-13-26)18-20-35(32,5)31(28)19-21-34(29,30)4/h6-8,12-13,22,24-25,28-32H,9-11,16-21,23H2,1-5H3/t25-,28-,29-,30-,31+,32+,34-,35-/m1/s1. The number of carbonyl (C=O) groups is 1. The average molecular weight is 485 g/mol. The lowest BCUT2D eigenvalue weighted by Crippen LogP contribution is -2.55. The lowest BCUT2D eigenvalue weighted by molar-refractivity contribution is -0.146. The summed E-state index contributed by atoms with van der Waals surface area (Å²) in [6, 6.07) is 10.2. The van der Waals surface area contributed by atoms with Crippen molar-refractivity contribution >= 4 is 5.78 Å². The normalized spacial score (nSPS) is 38.3. The Bertz CT molecular complexity index is 1040. The lowest BCUT2D eigenvalue weighted by Gasteiger charge is -2.59. The van der Waals surface area contributed by atoms with Gasteiger partial charge >= 0.3 is 0 Å². The molecule has 0 unspecified atom stereocenters. The quantitative estimate of drug-likeness (QED) is 0.381. The van der Waals surface area contributed by atoms with Crippen LogP contribution in [0.1, 0.15) is 104 Å². The predicted octanol–water partition coefficient (Wildman–Crippen LogP) is 8.87. The largest absolute Gasteiger partial charge is 0.299 e. The van der Waals surface area contributed by atoms with Gasteiger partial charge in [0, 0.05) is 17.9 Å². The zero-order valence-corrected chi connectivity index (χ0v) is 23.5. The molecule has 0 saturated heterocycles. The molecule has 0 N–H and O–H groups in total. The lowest BCUT2D eigenvalue weighted by atomic mass is 9.44. The van der Waals surface area contributed by atoms with Gasteiger partial charge in [-0.05, 0) is 103 Å². The molecule has 0 bridgehead atoms. The number of carbonyl (C=O) groups excluding carboxylic acids is 1. The van der Waals surface area contributed by atoms with Crippen LogP contribution >= 0.6 is 0 Å². The summed E-state index contributed by atoms with van der Waals surface area (Å²) in [6.45, 7) is 12.3. The zero-order chi connectivity index (χ0) is 25.5. The molecule has 3 saturated carbocycles. The molecule has 0 heterocycles. The topological polar surface area (TPSA) is 17.1 Å². The van der Waals surface area contributed by atoms with Crippen molar-refractivity contribution in [1.29, 1.82) is 0 Å². The Labute approximate surface area is 220 Å². The van der Waals surface area contributed by atoms with Gasteiger partial charge in [0.25, 0.3) is 0 Å². The van der Waals surface area contributed by atoms with Crippen LogP contribution in [0.2, 0.25) is 0 Å². The molecule has 3 fully saturated rings. The predicted molar refractivity (Wildman–Crippen MR) is 150 cm³/mol. The van der Waals surface area contributed by atoms with Crippen molar-refractivity contribution < 1.29 is 4.79 Å². The molecule has 194 valence electrons. The van der Waals surface area contributed by atoms with Gasteiger partial charge in [-0.1, -0.05) is 90.0 Å². The zero-order valence-electron chi connectivity index (χ0n) is 23.5. The molecule has 1 aromatic carbocycles. The van der Waals surface area contributed by atoms with Gasteiger partial charge in [-0.15, -0.1) is 0 Å². The van der Waals surface area contributed by atoms with Crippen molar-refractivity contribution in [3.8, 4) is 11.8 Å². The maximum atomic E-state index is 13.7. The van der Waals surface area contributed by atoms with Gasteiger partial charge in [-0.3, -0.25) is 4.79 Å². The highest BCUT2D eigenvalue weighted by atomic mass is 16.1. The monoisotopic (exact) mass is 484 g/mol. The van der Waals surface area contributed by atoms with Crippen molar-refractivity contribution in [1.82, 2.24) is 0 Å². The van der Waals surface area contributed by atoms with E-state index in [1.54, 1.807) is 0 Å². The number of rotatable bonds is 5. The molecule has 8 atom stereocenters. The Morgan fingerprint density at radius 2 is 1.67 bits per heavy atom. The highest BCUT2D eigenvalue weighted by Gasteiger charge is 2.61. The second-order valence-corrected chi connectivity index (χ2v) is 13.9. The smallest absolute Gasteiger partial charge is 0.140 e. The van der Waals surface area contributed by atoms with Gasteiger partial charge in [0.2, 0.25) is 0 Å². The molecule has 1 heteroatoms. The fourth-order valence-electron chi connectivity index (χ4n) is 9.46. The molecule has 1 aromatic rings. The molecular weight excluding hydrogens is 436 g/mol. The van der Waals surface area contributed by atoms with Crippen molar-refractivity contribution in [3.63, 3.8) is 0 Å². The molecule has 1 nitrogen and oxygen atoms in total. The summed E-state index contributed by atoms with van der Waals surface area (Å²) in [4.78, 5) is 13.7. The molecule has 0 aliphatic heterocycles. The molecule has 0 amide bonds. The fraction of sp³-hybridized carbons (Fsp3) is 0.686. The third-order valence-corrected chi connectivity index (χ3v) is 11.4. The average Bonchev–Trinajstić information content (AvgIpc) is 3.21. The van der Waals surface area contributed by atoms with Crippen molar-refractivity contribution in [3.05, 3.63) is 47.5 Å². The molecule has 0 radical (unpaired) electrons. The summed E-state index contributed by atoms with van der Waals surface area (Å²) in [5, 5.41) is 0. The minimum absolute atomic E-state index is 0.0732. The second-order valence-electron chi connectivity index (χ2n) is 13.9. The van der Waals surface area contributed by atoms with E-state index in [4.69, 9.17) is 0 Å². The number of benzene rings is 1. The van der Waals surface area contributed by atoms with Gasteiger partial charge in [0.05, 0.1) is 0 Å². The van der Waals surface area contributed by atoms with E-state index in [2.05, 4.69) is 64.7 Å². The third-order valence-electron chi connectivity index (χ3n) is 11.4.